The highest BCUT2D eigenvalue weighted by Crippen LogP contribution is 2.26. The minimum Gasteiger partial charge on any atom is -0.400 e. The first-order chi connectivity index (χ1) is 14.7. The Morgan fingerprint density at radius 2 is 1.84 bits per heavy atom. The quantitative estimate of drug-likeness (QED) is 0.479. The van der Waals surface area contributed by atoms with Gasteiger partial charge in [-0.2, -0.15) is 0 Å². The van der Waals surface area contributed by atoms with E-state index in [2.05, 4.69) is 31.8 Å². The first-order valence-corrected chi connectivity index (χ1v) is 10.6. The molecule has 2 aliphatic rings. The molecule has 0 spiro atoms. The van der Waals surface area contributed by atoms with Gasteiger partial charge in [0.1, 0.15) is 5.82 Å². The van der Waals surface area contributed by atoms with Crippen LogP contribution in [0.15, 0.2) is 36.1 Å². The molecule has 0 radical (unpaired) electrons. The predicted octanol–water partition coefficient (Wildman–Crippen LogP) is 5.08. The molecule has 1 heterocycles. The third-order valence-corrected chi connectivity index (χ3v) is 5.14. The van der Waals surface area contributed by atoms with Crippen molar-refractivity contribution in [2.24, 2.45) is 5.92 Å². The van der Waals surface area contributed by atoms with Gasteiger partial charge in [-0.25, -0.2) is 13.2 Å². The van der Waals surface area contributed by atoms with Gasteiger partial charge in [0.15, 0.2) is 11.6 Å². The molecule has 1 aromatic rings. The highest BCUT2D eigenvalue weighted by molar-refractivity contribution is 5.78. The van der Waals surface area contributed by atoms with Crippen LogP contribution in [-0.2, 0) is 11.3 Å². The number of likely N-dealkylation sites (tertiary alicyclic amines) is 1. The van der Waals surface area contributed by atoms with Crippen LogP contribution >= 0.6 is 0 Å². The second kappa shape index (κ2) is 13.2. The standard InChI is InChI=1S/C12H21N.C11H10F3NO.CH4O/c1-9(2)12(13-10(3)4)8-11-6-5-7-11;12-8-4-7(11(14)9(13)5-8)6-15-3-1-2-10(15)16;1-2/h8-9,12-13H,3,5-7H2,1-2,4H3;4-5H,1-3,6H2;2H,1H3. The monoisotopic (exact) mass is 440 g/mol. The summed E-state index contributed by atoms with van der Waals surface area (Å²) >= 11 is 0. The molecule has 1 saturated heterocycles. The normalized spacial score (nSPS) is 16.0. The smallest absolute Gasteiger partial charge is 0.222 e. The van der Waals surface area contributed by atoms with Crippen LogP contribution in [0.5, 0.6) is 0 Å². The summed E-state index contributed by atoms with van der Waals surface area (Å²) in [5.41, 5.74) is 2.56. The lowest BCUT2D eigenvalue weighted by molar-refractivity contribution is -0.128. The molecule has 1 amide bonds. The van der Waals surface area contributed by atoms with Gasteiger partial charge in [0.25, 0.3) is 0 Å². The summed E-state index contributed by atoms with van der Waals surface area (Å²) in [5, 5.41) is 10.4. The van der Waals surface area contributed by atoms with Crippen molar-refractivity contribution in [3.8, 4) is 0 Å². The number of nitrogens with zero attached hydrogens (tertiary/aromatic N) is 1. The summed E-state index contributed by atoms with van der Waals surface area (Å²) in [6.07, 6.45) is 7.51. The minimum atomic E-state index is -1.22. The van der Waals surface area contributed by atoms with Gasteiger partial charge in [-0.1, -0.05) is 32.1 Å². The Hall–Kier alpha value is -2.28. The largest absolute Gasteiger partial charge is 0.400 e. The lowest BCUT2D eigenvalue weighted by atomic mass is 9.88. The minimum absolute atomic E-state index is 0.0701. The lowest BCUT2D eigenvalue weighted by Crippen LogP contribution is -2.31. The van der Waals surface area contributed by atoms with E-state index in [0.29, 0.717) is 37.4 Å². The molecule has 1 aliphatic heterocycles. The second-order valence-corrected chi connectivity index (χ2v) is 8.15. The summed E-state index contributed by atoms with van der Waals surface area (Å²) < 4.78 is 39.0. The molecule has 1 aliphatic carbocycles. The number of nitrogens with one attached hydrogen (secondary N) is 1. The van der Waals surface area contributed by atoms with Crippen LogP contribution in [0, 0.1) is 23.4 Å². The molecule has 1 atom stereocenters. The maximum atomic E-state index is 13.3. The Morgan fingerprint density at radius 3 is 2.29 bits per heavy atom. The van der Waals surface area contributed by atoms with E-state index in [0.717, 1.165) is 18.9 Å². The van der Waals surface area contributed by atoms with E-state index in [-0.39, 0.29) is 18.0 Å². The third-order valence-electron chi connectivity index (χ3n) is 5.14. The van der Waals surface area contributed by atoms with Gasteiger partial charge in [0, 0.05) is 50.0 Å². The number of hydrogen-bond acceptors (Lipinski definition) is 3. The average Bonchev–Trinajstić information content (AvgIpc) is 3.07. The molecule has 0 aromatic heterocycles. The van der Waals surface area contributed by atoms with Crippen molar-refractivity contribution in [1.29, 1.82) is 0 Å². The molecular formula is C24H35F3N2O2. The summed E-state index contributed by atoms with van der Waals surface area (Å²) in [6, 6.07) is 1.89. The van der Waals surface area contributed by atoms with Crippen molar-refractivity contribution in [1.82, 2.24) is 10.2 Å². The van der Waals surface area contributed by atoms with Crippen molar-refractivity contribution < 1.29 is 23.1 Å². The summed E-state index contributed by atoms with van der Waals surface area (Å²) in [6.45, 7) is 10.8. The number of halogens is 3. The van der Waals surface area contributed by atoms with Gasteiger partial charge in [0.2, 0.25) is 5.91 Å². The Kier molecular flexibility index (Phi) is 11.4. The van der Waals surface area contributed by atoms with E-state index >= 15 is 0 Å². The topological polar surface area (TPSA) is 52.6 Å². The second-order valence-electron chi connectivity index (χ2n) is 8.15. The van der Waals surface area contributed by atoms with Crippen molar-refractivity contribution >= 4 is 5.91 Å². The number of aliphatic hydroxyl groups is 1. The zero-order chi connectivity index (χ0) is 23.6. The molecule has 3 rings (SSSR count). The van der Waals surface area contributed by atoms with Crippen LogP contribution in [0.1, 0.15) is 58.4 Å². The zero-order valence-corrected chi connectivity index (χ0v) is 19.0. The van der Waals surface area contributed by atoms with Crippen molar-refractivity contribution in [3.63, 3.8) is 0 Å². The van der Waals surface area contributed by atoms with Crippen LogP contribution in [0.3, 0.4) is 0 Å². The number of rotatable bonds is 6. The van der Waals surface area contributed by atoms with Crippen molar-refractivity contribution in [3.05, 3.63) is 59.1 Å². The van der Waals surface area contributed by atoms with Crippen molar-refractivity contribution in [2.75, 3.05) is 13.7 Å². The number of amides is 1. The van der Waals surface area contributed by atoms with Crippen LogP contribution in [-0.4, -0.2) is 35.6 Å². The first-order valence-electron chi connectivity index (χ1n) is 10.6. The van der Waals surface area contributed by atoms with Crippen LogP contribution in [0.2, 0.25) is 0 Å². The van der Waals surface area contributed by atoms with E-state index in [1.54, 1.807) is 5.57 Å². The number of hydrogen-bond donors (Lipinski definition) is 2. The number of aliphatic hydroxyl groups excluding tert-OH is 1. The number of allylic oxidation sites excluding steroid dienone is 2. The molecule has 1 unspecified atom stereocenters. The maximum Gasteiger partial charge on any atom is 0.222 e. The van der Waals surface area contributed by atoms with Gasteiger partial charge in [-0.05, 0) is 44.6 Å². The summed E-state index contributed by atoms with van der Waals surface area (Å²) in [7, 11) is 1.00. The Morgan fingerprint density at radius 1 is 1.19 bits per heavy atom. The molecular weight excluding hydrogens is 405 g/mol. The molecule has 2 fully saturated rings. The fraction of sp³-hybridized carbons (Fsp3) is 0.542. The molecule has 1 saturated carbocycles. The fourth-order valence-corrected chi connectivity index (χ4v) is 3.29. The Balaban J connectivity index is 0.000000293. The maximum absolute atomic E-state index is 13.3. The fourth-order valence-electron chi connectivity index (χ4n) is 3.29. The van der Waals surface area contributed by atoms with E-state index < -0.39 is 17.5 Å². The Bertz CT molecular complexity index is 772. The third kappa shape index (κ3) is 8.77. The van der Waals surface area contributed by atoms with Gasteiger partial charge in [-0.3, -0.25) is 4.79 Å². The zero-order valence-electron chi connectivity index (χ0n) is 19.0. The molecule has 2 N–H and O–H groups in total. The van der Waals surface area contributed by atoms with Gasteiger partial charge in [-0.15, -0.1) is 0 Å². The summed E-state index contributed by atoms with van der Waals surface area (Å²) in [4.78, 5) is 12.7. The molecule has 4 nitrogen and oxygen atoms in total. The van der Waals surface area contributed by atoms with Gasteiger partial charge >= 0.3 is 0 Å². The number of carbonyl (C=O) groups excluding carboxylic acids is 1. The molecule has 0 bridgehead atoms. The van der Waals surface area contributed by atoms with E-state index in [1.165, 1.54) is 24.2 Å². The summed E-state index contributed by atoms with van der Waals surface area (Å²) in [5.74, 6) is -2.60. The van der Waals surface area contributed by atoms with E-state index in [1.807, 2.05) is 6.92 Å². The highest BCUT2D eigenvalue weighted by atomic mass is 19.2. The molecule has 1 aromatic carbocycles. The average molecular weight is 441 g/mol. The molecule has 7 heteroatoms. The predicted molar refractivity (Wildman–Crippen MR) is 118 cm³/mol. The lowest BCUT2D eigenvalue weighted by Gasteiger charge is -2.24. The SMILES string of the molecule is C=C(C)NC(C=C1CCC1)C(C)C.CO.O=C1CCCN1Cc1cc(F)cc(F)c1F. The molecule has 174 valence electrons. The van der Waals surface area contributed by atoms with Gasteiger partial charge < -0.3 is 15.3 Å². The molecule has 31 heavy (non-hydrogen) atoms. The van der Waals surface area contributed by atoms with Crippen molar-refractivity contribution in [2.45, 2.75) is 65.5 Å². The Labute approximate surface area is 183 Å². The van der Waals surface area contributed by atoms with Crippen LogP contribution in [0.4, 0.5) is 13.2 Å². The van der Waals surface area contributed by atoms with E-state index in [4.69, 9.17) is 5.11 Å². The van der Waals surface area contributed by atoms with E-state index in [9.17, 15) is 18.0 Å². The van der Waals surface area contributed by atoms with Crippen LogP contribution in [0.25, 0.3) is 0 Å². The first kappa shape index (κ1) is 26.8. The van der Waals surface area contributed by atoms with Gasteiger partial charge in [0.05, 0.1) is 0 Å². The number of benzene rings is 1. The number of carbonyl (C=O) groups is 1. The highest BCUT2D eigenvalue weighted by Gasteiger charge is 2.22. The van der Waals surface area contributed by atoms with Crippen LogP contribution < -0.4 is 5.32 Å².